The molecule has 0 aliphatic rings. The predicted molar refractivity (Wildman–Crippen MR) is 143 cm³/mol. The Morgan fingerprint density at radius 1 is 1.25 bits per heavy atom. The molecule has 0 saturated carbocycles. The van der Waals surface area contributed by atoms with E-state index < -0.39 is 45.8 Å². The number of ether oxygens (including phenoxy) is 1. The zero-order chi connectivity index (χ0) is 28.7. The monoisotopic (exact) mass is 584 g/mol. The van der Waals surface area contributed by atoms with E-state index in [0.29, 0.717) is 38.2 Å². The summed E-state index contributed by atoms with van der Waals surface area (Å²) in [5, 5.41) is 20.3. The number of fused-ring (bicyclic) bond motifs is 2. The van der Waals surface area contributed by atoms with Gasteiger partial charge in [0.1, 0.15) is 35.6 Å². The van der Waals surface area contributed by atoms with Crippen LogP contribution in [0, 0.1) is 24.1 Å². The molecule has 0 fully saturated rings. The molecule has 8 nitrogen and oxygen atoms in total. The number of pyridine rings is 1. The average Bonchev–Trinajstić information content (AvgIpc) is 3.36. The van der Waals surface area contributed by atoms with Crippen LogP contribution in [0.25, 0.3) is 32.2 Å². The molecule has 3 aromatic heterocycles. The summed E-state index contributed by atoms with van der Waals surface area (Å²) in [6.07, 6.45) is -1.69. The molecule has 3 heterocycles. The molecule has 0 saturated heterocycles. The largest absolute Gasteiger partial charge is 0.491 e. The summed E-state index contributed by atoms with van der Waals surface area (Å²) in [5.74, 6) is -1.77. The fourth-order valence-corrected chi connectivity index (χ4v) is 5.62. The quantitative estimate of drug-likeness (QED) is 0.236. The van der Waals surface area contributed by atoms with Crippen LogP contribution in [0.15, 0.2) is 46.7 Å². The number of carboxylic acids is 1. The number of hydrogen-bond donors (Lipinski definition) is 1. The molecule has 1 N–H and O–H groups in total. The normalized spacial score (nSPS) is 11.3. The second-order valence-corrected chi connectivity index (χ2v) is 9.87. The number of aromatic carboxylic acids is 1. The van der Waals surface area contributed by atoms with Crippen molar-refractivity contribution in [3.8, 4) is 22.9 Å². The minimum atomic E-state index is -3.16. The van der Waals surface area contributed by atoms with E-state index in [9.17, 15) is 33.1 Å². The van der Waals surface area contributed by atoms with Crippen LogP contribution in [0.2, 0.25) is 5.02 Å². The van der Waals surface area contributed by atoms with Crippen molar-refractivity contribution in [2.45, 2.75) is 19.9 Å². The Morgan fingerprint density at radius 2 is 2.02 bits per heavy atom. The number of benzene rings is 2. The molecule has 0 atom stereocenters. The number of nitriles is 1. The zero-order valence-corrected chi connectivity index (χ0v) is 22.0. The summed E-state index contributed by atoms with van der Waals surface area (Å²) in [6, 6.07) is 8.66. The van der Waals surface area contributed by atoms with Crippen LogP contribution in [0.1, 0.15) is 33.7 Å². The van der Waals surface area contributed by atoms with Crippen LogP contribution in [-0.4, -0.2) is 32.2 Å². The number of aryl methyl sites for hydroxylation is 1. The highest BCUT2D eigenvalue weighted by molar-refractivity contribution is 7.18. The van der Waals surface area contributed by atoms with E-state index in [-0.39, 0.29) is 24.5 Å². The van der Waals surface area contributed by atoms with Gasteiger partial charge in [0.15, 0.2) is 0 Å². The van der Waals surface area contributed by atoms with Crippen molar-refractivity contribution in [3.63, 3.8) is 0 Å². The highest BCUT2D eigenvalue weighted by Gasteiger charge is 2.24. The van der Waals surface area contributed by atoms with Gasteiger partial charge in [0.2, 0.25) is 0 Å². The van der Waals surface area contributed by atoms with E-state index in [1.165, 1.54) is 29.8 Å². The second kappa shape index (κ2) is 10.6. The molecule has 13 heteroatoms. The van der Waals surface area contributed by atoms with Gasteiger partial charge in [0, 0.05) is 33.3 Å². The molecule has 202 valence electrons. The summed E-state index contributed by atoms with van der Waals surface area (Å²) < 4.78 is 49.2. The number of nitrogens with zero attached hydrogens (tertiary/aromatic N) is 4. The van der Waals surface area contributed by atoms with E-state index in [1.54, 1.807) is 30.3 Å². The van der Waals surface area contributed by atoms with Crippen LogP contribution in [-0.2, 0) is 6.54 Å². The molecule has 0 aliphatic carbocycles. The minimum Gasteiger partial charge on any atom is -0.491 e. The van der Waals surface area contributed by atoms with E-state index in [4.69, 9.17) is 16.3 Å². The standard InChI is InChI=1S/C27H16ClF3N4O4S/c1-12-34-23-19(29)9-16(25(30)31)17(10-32)21(23)26(36)35(12)6-7-39-20-3-2-13(28)8-15(20)14-4-5-33-22-18(27(37)38)11-40-24(14)22/h2-5,8-9,11,25H,6-7H2,1H3,(H,37,38). The Balaban J connectivity index is 1.52. The predicted octanol–water partition coefficient (Wildman–Crippen LogP) is 6.36. The molecule has 0 spiro atoms. The number of carbonyl (C=O) groups is 1. The third kappa shape index (κ3) is 4.63. The first-order chi connectivity index (χ1) is 19.1. The van der Waals surface area contributed by atoms with E-state index in [0.717, 1.165) is 4.57 Å². The number of hydrogen-bond acceptors (Lipinski definition) is 7. The van der Waals surface area contributed by atoms with Crippen molar-refractivity contribution < 1.29 is 27.8 Å². The van der Waals surface area contributed by atoms with Crippen molar-refractivity contribution in [2.24, 2.45) is 0 Å². The lowest BCUT2D eigenvalue weighted by atomic mass is 10.0. The number of carboxylic acid groups (broad SMARTS) is 1. The molecular weight excluding hydrogens is 569 g/mol. The number of rotatable bonds is 7. The lowest BCUT2D eigenvalue weighted by Gasteiger charge is -2.16. The fourth-order valence-electron chi connectivity index (χ4n) is 4.42. The highest BCUT2D eigenvalue weighted by Crippen LogP contribution is 2.39. The summed E-state index contributed by atoms with van der Waals surface area (Å²) in [4.78, 5) is 33.1. The van der Waals surface area contributed by atoms with Crippen LogP contribution >= 0.6 is 22.9 Å². The van der Waals surface area contributed by atoms with Crippen molar-refractivity contribution in [3.05, 3.63) is 85.6 Å². The third-order valence-corrected chi connectivity index (χ3v) is 7.48. The summed E-state index contributed by atoms with van der Waals surface area (Å²) in [7, 11) is 0. The first kappa shape index (κ1) is 27.1. The molecule has 40 heavy (non-hydrogen) atoms. The van der Waals surface area contributed by atoms with Crippen LogP contribution in [0.4, 0.5) is 13.2 Å². The fraction of sp³-hybridized carbons (Fsp3) is 0.148. The number of aromatic nitrogens is 3. The number of alkyl halides is 2. The molecule has 0 radical (unpaired) electrons. The first-order valence-corrected chi connectivity index (χ1v) is 12.8. The SMILES string of the molecule is Cc1nc2c(F)cc(C(F)F)c(C#N)c2c(=O)n1CCOc1ccc(Cl)cc1-c1ccnc2c(C(=O)O)csc12. The maximum atomic E-state index is 14.6. The maximum Gasteiger partial charge on any atom is 0.338 e. The third-order valence-electron chi connectivity index (χ3n) is 6.24. The average molecular weight is 585 g/mol. The van der Waals surface area contributed by atoms with E-state index >= 15 is 0 Å². The van der Waals surface area contributed by atoms with Crippen LogP contribution in [0.3, 0.4) is 0 Å². The van der Waals surface area contributed by atoms with Gasteiger partial charge < -0.3 is 9.84 Å². The van der Waals surface area contributed by atoms with Crippen LogP contribution in [0.5, 0.6) is 5.75 Å². The molecular formula is C27H16ClF3N4O4S. The van der Waals surface area contributed by atoms with Gasteiger partial charge in [-0.25, -0.2) is 22.9 Å². The highest BCUT2D eigenvalue weighted by atomic mass is 35.5. The number of thiophene rings is 1. The smallest absolute Gasteiger partial charge is 0.338 e. The summed E-state index contributed by atoms with van der Waals surface area (Å²) in [5.41, 5.74) is -1.26. The van der Waals surface area contributed by atoms with Gasteiger partial charge in [-0.1, -0.05) is 11.6 Å². The van der Waals surface area contributed by atoms with Gasteiger partial charge in [-0.2, -0.15) is 5.26 Å². The van der Waals surface area contributed by atoms with Crippen LogP contribution < -0.4 is 10.3 Å². The topological polar surface area (TPSA) is 118 Å². The lowest BCUT2D eigenvalue weighted by Crippen LogP contribution is -2.27. The van der Waals surface area contributed by atoms with Gasteiger partial charge in [0.25, 0.3) is 12.0 Å². The Labute approximate surface area is 232 Å². The molecule has 5 rings (SSSR count). The molecule has 0 unspecified atom stereocenters. The minimum absolute atomic E-state index is 0.0631. The summed E-state index contributed by atoms with van der Waals surface area (Å²) in [6.45, 7) is 1.25. The van der Waals surface area contributed by atoms with Crippen molar-refractivity contribution >= 4 is 50.0 Å². The van der Waals surface area contributed by atoms with Crippen molar-refractivity contribution in [1.29, 1.82) is 5.26 Å². The molecule has 2 aromatic carbocycles. The van der Waals surface area contributed by atoms with Gasteiger partial charge >= 0.3 is 5.97 Å². The van der Waals surface area contributed by atoms with Crippen molar-refractivity contribution in [1.82, 2.24) is 14.5 Å². The van der Waals surface area contributed by atoms with Gasteiger partial charge in [-0.05, 0) is 37.3 Å². The second-order valence-electron chi connectivity index (χ2n) is 8.55. The summed E-state index contributed by atoms with van der Waals surface area (Å²) >= 11 is 7.46. The first-order valence-electron chi connectivity index (χ1n) is 11.6. The number of halogens is 4. The molecule has 5 aromatic rings. The Bertz CT molecular complexity index is 1930. The molecule has 0 bridgehead atoms. The van der Waals surface area contributed by atoms with Crippen molar-refractivity contribution in [2.75, 3.05) is 6.61 Å². The zero-order valence-electron chi connectivity index (χ0n) is 20.4. The Morgan fingerprint density at radius 3 is 2.73 bits per heavy atom. The maximum absolute atomic E-state index is 14.6. The van der Waals surface area contributed by atoms with Gasteiger partial charge in [-0.15, -0.1) is 11.3 Å². The molecule has 0 aliphatic heterocycles. The molecule has 0 amide bonds. The Hall–Kier alpha value is -4.47. The lowest BCUT2D eigenvalue weighted by molar-refractivity contribution is 0.0699. The Kier molecular flexibility index (Phi) is 7.18. The van der Waals surface area contributed by atoms with Gasteiger partial charge in [-0.3, -0.25) is 14.3 Å². The van der Waals surface area contributed by atoms with Gasteiger partial charge in [0.05, 0.1) is 33.3 Å². The van der Waals surface area contributed by atoms with E-state index in [2.05, 4.69) is 9.97 Å². The van der Waals surface area contributed by atoms with E-state index in [1.807, 2.05) is 0 Å².